The van der Waals surface area contributed by atoms with Crippen LogP contribution in [0.15, 0.2) is 18.2 Å². The number of hydrogen-bond acceptors (Lipinski definition) is 3. The van der Waals surface area contributed by atoms with E-state index in [1.54, 1.807) is 0 Å². The van der Waals surface area contributed by atoms with E-state index in [1.807, 2.05) is 18.7 Å². The second kappa shape index (κ2) is 10.8. The van der Waals surface area contributed by atoms with Crippen LogP contribution < -0.4 is 0 Å². The van der Waals surface area contributed by atoms with Crippen molar-refractivity contribution < 1.29 is 35.9 Å². The number of ether oxygens (including phenoxy) is 1. The van der Waals surface area contributed by atoms with E-state index in [0.717, 1.165) is 12.8 Å². The van der Waals surface area contributed by atoms with Gasteiger partial charge in [0.1, 0.15) is 0 Å². The molecule has 3 nitrogen and oxygen atoms in total. The Morgan fingerprint density at radius 1 is 1.03 bits per heavy atom. The molecule has 0 aromatic heterocycles. The molecule has 1 aromatic rings. The van der Waals surface area contributed by atoms with Crippen molar-refractivity contribution in [2.75, 3.05) is 26.2 Å². The van der Waals surface area contributed by atoms with E-state index in [-0.39, 0.29) is 42.0 Å². The predicted octanol–water partition coefficient (Wildman–Crippen LogP) is 5.80. The quantitative estimate of drug-likeness (QED) is 0.307. The molecule has 1 saturated heterocycles. The molecule has 1 aliphatic rings. The smallest absolute Gasteiger partial charge is 0.416 e. The Kier molecular flexibility index (Phi) is 9.49. The molecule has 0 amide bonds. The standard InChI is InChI=1S/C22H25F6NO2.ClH/c1-15(30)31-14-20(2,3)17-6-9-29(10-7-17)8-4-5-16-11-18(21(23,24)25)13-19(12-16)22(26,27)28;/h11-13,17H,6-10,14H2,1-3H3;1H. The first-order valence-corrected chi connectivity index (χ1v) is 9.82. The highest BCUT2D eigenvalue weighted by Gasteiger charge is 2.37. The van der Waals surface area contributed by atoms with Crippen LogP contribution in [0, 0.1) is 23.2 Å². The molecule has 0 aliphatic carbocycles. The average Bonchev–Trinajstić information content (AvgIpc) is 2.65. The van der Waals surface area contributed by atoms with Gasteiger partial charge in [-0.2, -0.15) is 26.3 Å². The summed E-state index contributed by atoms with van der Waals surface area (Å²) in [6.07, 6.45) is -8.12. The molecule has 1 aromatic carbocycles. The highest BCUT2D eigenvalue weighted by molar-refractivity contribution is 5.85. The Balaban J connectivity index is 0.00000512. The molecule has 0 saturated carbocycles. The lowest BCUT2D eigenvalue weighted by atomic mass is 9.74. The van der Waals surface area contributed by atoms with Crippen molar-refractivity contribution in [1.82, 2.24) is 4.90 Å². The lowest BCUT2D eigenvalue weighted by molar-refractivity contribution is -0.146. The Morgan fingerprint density at radius 2 is 1.53 bits per heavy atom. The van der Waals surface area contributed by atoms with Gasteiger partial charge in [0.15, 0.2) is 0 Å². The maximum Gasteiger partial charge on any atom is 0.416 e. The minimum Gasteiger partial charge on any atom is -0.465 e. The largest absolute Gasteiger partial charge is 0.465 e. The van der Waals surface area contributed by atoms with Crippen LogP contribution in [0.4, 0.5) is 26.3 Å². The summed E-state index contributed by atoms with van der Waals surface area (Å²) in [5.41, 5.74) is -3.25. The van der Waals surface area contributed by atoms with E-state index in [9.17, 15) is 31.1 Å². The van der Waals surface area contributed by atoms with Crippen LogP contribution in [0.5, 0.6) is 0 Å². The fraction of sp³-hybridized carbons (Fsp3) is 0.591. The molecule has 1 heterocycles. The molecule has 0 radical (unpaired) electrons. The summed E-state index contributed by atoms with van der Waals surface area (Å²) in [4.78, 5) is 13.0. The van der Waals surface area contributed by atoms with E-state index in [2.05, 4.69) is 11.8 Å². The predicted molar refractivity (Wildman–Crippen MR) is 110 cm³/mol. The van der Waals surface area contributed by atoms with Gasteiger partial charge in [0.2, 0.25) is 0 Å². The van der Waals surface area contributed by atoms with Crippen molar-refractivity contribution in [1.29, 1.82) is 0 Å². The van der Waals surface area contributed by atoms with Gasteiger partial charge in [0, 0.05) is 17.9 Å². The number of likely N-dealkylation sites (tertiary alicyclic amines) is 1. The van der Waals surface area contributed by atoms with E-state index < -0.39 is 23.5 Å². The fourth-order valence-corrected chi connectivity index (χ4v) is 3.56. The average molecular weight is 486 g/mol. The number of esters is 1. The Labute approximate surface area is 189 Å². The molecule has 2 rings (SSSR count). The summed E-state index contributed by atoms with van der Waals surface area (Å²) >= 11 is 0. The first-order chi connectivity index (χ1) is 14.2. The summed E-state index contributed by atoms with van der Waals surface area (Å²) in [6.45, 7) is 7.38. The number of alkyl halides is 6. The highest BCUT2D eigenvalue weighted by atomic mass is 35.5. The topological polar surface area (TPSA) is 29.5 Å². The fourth-order valence-electron chi connectivity index (χ4n) is 3.56. The summed E-state index contributed by atoms with van der Waals surface area (Å²) in [5.74, 6) is 5.13. The zero-order valence-electron chi connectivity index (χ0n) is 18.0. The second-order valence-corrected chi connectivity index (χ2v) is 8.42. The normalized spacial score (nSPS) is 16.0. The maximum absolute atomic E-state index is 12.9. The third-order valence-corrected chi connectivity index (χ3v) is 5.46. The van der Waals surface area contributed by atoms with Gasteiger partial charge in [-0.3, -0.25) is 9.69 Å². The third kappa shape index (κ3) is 8.21. The number of carbonyl (C=O) groups is 1. The number of piperidine rings is 1. The van der Waals surface area contributed by atoms with Crippen LogP contribution in [-0.2, 0) is 21.9 Å². The van der Waals surface area contributed by atoms with Gasteiger partial charge >= 0.3 is 18.3 Å². The molecular formula is C22H26ClF6NO2. The lowest BCUT2D eigenvalue weighted by Crippen LogP contribution is -2.41. The zero-order chi connectivity index (χ0) is 23.4. The summed E-state index contributed by atoms with van der Waals surface area (Å²) in [7, 11) is 0. The molecular weight excluding hydrogens is 460 g/mol. The number of rotatable bonds is 4. The summed E-state index contributed by atoms with van der Waals surface area (Å²) < 4.78 is 82.7. The summed E-state index contributed by atoms with van der Waals surface area (Å²) in [6, 6.07) is 1.35. The minimum absolute atomic E-state index is 0. The summed E-state index contributed by atoms with van der Waals surface area (Å²) in [5, 5.41) is 0. The second-order valence-electron chi connectivity index (χ2n) is 8.42. The van der Waals surface area contributed by atoms with Crippen LogP contribution in [0.2, 0.25) is 0 Å². The van der Waals surface area contributed by atoms with Gasteiger partial charge in [-0.25, -0.2) is 0 Å². The van der Waals surface area contributed by atoms with E-state index >= 15 is 0 Å². The van der Waals surface area contributed by atoms with Gasteiger partial charge in [-0.1, -0.05) is 25.7 Å². The Hall–Kier alpha value is -1.92. The van der Waals surface area contributed by atoms with Crippen LogP contribution >= 0.6 is 12.4 Å². The molecule has 0 N–H and O–H groups in total. The molecule has 0 unspecified atom stereocenters. The van der Waals surface area contributed by atoms with Gasteiger partial charge < -0.3 is 4.74 Å². The van der Waals surface area contributed by atoms with Gasteiger partial charge in [-0.15, -0.1) is 12.4 Å². The molecule has 180 valence electrons. The number of halogens is 7. The van der Waals surface area contributed by atoms with Crippen molar-refractivity contribution in [2.24, 2.45) is 11.3 Å². The number of benzene rings is 1. The van der Waals surface area contributed by atoms with Gasteiger partial charge in [0.25, 0.3) is 0 Å². The molecule has 1 fully saturated rings. The van der Waals surface area contributed by atoms with Crippen molar-refractivity contribution in [3.63, 3.8) is 0 Å². The maximum atomic E-state index is 12.9. The molecule has 0 atom stereocenters. The number of carbonyl (C=O) groups excluding carboxylic acids is 1. The van der Waals surface area contributed by atoms with Gasteiger partial charge in [0.05, 0.1) is 24.3 Å². The number of nitrogens with zero attached hydrogens (tertiary/aromatic N) is 1. The molecule has 32 heavy (non-hydrogen) atoms. The van der Waals surface area contributed by atoms with Crippen molar-refractivity contribution in [3.8, 4) is 11.8 Å². The molecule has 0 spiro atoms. The highest BCUT2D eigenvalue weighted by Crippen LogP contribution is 2.37. The zero-order valence-corrected chi connectivity index (χ0v) is 18.8. The monoisotopic (exact) mass is 485 g/mol. The van der Waals surface area contributed by atoms with E-state index in [1.165, 1.54) is 6.92 Å². The van der Waals surface area contributed by atoms with Gasteiger partial charge in [-0.05, 0) is 50.0 Å². The first-order valence-electron chi connectivity index (χ1n) is 9.82. The lowest BCUT2D eigenvalue weighted by Gasteiger charge is -2.39. The van der Waals surface area contributed by atoms with Crippen LogP contribution in [0.3, 0.4) is 0 Å². The van der Waals surface area contributed by atoms with E-state index in [4.69, 9.17) is 4.74 Å². The third-order valence-electron chi connectivity index (χ3n) is 5.46. The molecule has 0 bridgehead atoms. The number of hydrogen-bond donors (Lipinski definition) is 0. The Morgan fingerprint density at radius 3 is 1.97 bits per heavy atom. The molecule has 1 aliphatic heterocycles. The SMILES string of the molecule is CC(=O)OCC(C)(C)C1CCN(CC#Cc2cc(C(F)(F)F)cc(C(F)(F)F)c2)CC1.Cl. The van der Waals surface area contributed by atoms with E-state index in [0.29, 0.717) is 37.7 Å². The first kappa shape index (κ1) is 28.1. The molecule has 10 heteroatoms. The van der Waals surface area contributed by atoms with Crippen molar-refractivity contribution in [3.05, 3.63) is 34.9 Å². The van der Waals surface area contributed by atoms with Crippen LogP contribution in [0.1, 0.15) is 50.3 Å². The van der Waals surface area contributed by atoms with Crippen LogP contribution in [0.25, 0.3) is 0 Å². The van der Waals surface area contributed by atoms with Crippen LogP contribution in [-0.4, -0.2) is 37.1 Å². The van der Waals surface area contributed by atoms with Crippen molar-refractivity contribution in [2.45, 2.75) is 46.0 Å². The Bertz CT molecular complexity index is 814. The van der Waals surface area contributed by atoms with Crippen molar-refractivity contribution >= 4 is 18.4 Å². The minimum atomic E-state index is -4.89.